The Morgan fingerprint density at radius 2 is 1.93 bits per heavy atom. The molecule has 1 N–H and O–H groups in total. The summed E-state index contributed by atoms with van der Waals surface area (Å²) in [6.45, 7) is 6.46. The largest absolute Gasteiger partial charge is 0.489 e. The SMILES string of the molecule is CCc1ccc(OCc2cccc(C(=O)NC(C)c3cn(C)nc3C)c2)cc1. The molecule has 0 saturated heterocycles. The number of nitrogens with zero attached hydrogens (tertiary/aromatic N) is 2. The molecule has 146 valence electrons. The lowest BCUT2D eigenvalue weighted by Gasteiger charge is -2.14. The number of hydrogen-bond acceptors (Lipinski definition) is 3. The van der Waals surface area contributed by atoms with E-state index in [0.29, 0.717) is 12.2 Å². The van der Waals surface area contributed by atoms with Gasteiger partial charge in [0.25, 0.3) is 5.91 Å². The topological polar surface area (TPSA) is 56.1 Å². The number of rotatable bonds is 7. The van der Waals surface area contributed by atoms with Gasteiger partial charge in [-0.3, -0.25) is 9.48 Å². The van der Waals surface area contributed by atoms with Crippen molar-refractivity contribution in [2.45, 2.75) is 39.8 Å². The predicted molar refractivity (Wildman–Crippen MR) is 110 cm³/mol. The van der Waals surface area contributed by atoms with Crippen LogP contribution in [-0.2, 0) is 20.1 Å². The van der Waals surface area contributed by atoms with Crippen molar-refractivity contribution in [2.75, 3.05) is 0 Å². The Kier molecular flexibility index (Phi) is 6.14. The summed E-state index contributed by atoms with van der Waals surface area (Å²) in [5.74, 6) is 0.720. The van der Waals surface area contributed by atoms with Crippen molar-refractivity contribution < 1.29 is 9.53 Å². The van der Waals surface area contributed by atoms with E-state index in [1.807, 2.05) is 63.5 Å². The number of carbonyl (C=O) groups is 1. The summed E-state index contributed by atoms with van der Waals surface area (Å²) in [7, 11) is 1.88. The van der Waals surface area contributed by atoms with Crippen LogP contribution in [0.25, 0.3) is 0 Å². The van der Waals surface area contributed by atoms with Gasteiger partial charge < -0.3 is 10.1 Å². The van der Waals surface area contributed by atoms with Crippen molar-refractivity contribution in [1.29, 1.82) is 0 Å². The Morgan fingerprint density at radius 3 is 2.57 bits per heavy atom. The fraction of sp³-hybridized carbons (Fsp3) is 0.304. The van der Waals surface area contributed by atoms with Crippen molar-refractivity contribution in [1.82, 2.24) is 15.1 Å². The van der Waals surface area contributed by atoms with Crippen LogP contribution in [0.1, 0.15) is 52.6 Å². The first-order chi connectivity index (χ1) is 13.5. The van der Waals surface area contributed by atoms with Crippen LogP contribution in [-0.4, -0.2) is 15.7 Å². The number of amides is 1. The van der Waals surface area contributed by atoms with Gasteiger partial charge >= 0.3 is 0 Å². The fourth-order valence-corrected chi connectivity index (χ4v) is 3.19. The Hall–Kier alpha value is -3.08. The van der Waals surface area contributed by atoms with E-state index >= 15 is 0 Å². The van der Waals surface area contributed by atoms with Gasteiger partial charge in [0.05, 0.1) is 11.7 Å². The summed E-state index contributed by atoms with van der Waals surface area (Å²) in [5.41, 5.74) is 4.80. The third kappa shape index (κ3) is 4.80. The van der Waals surface area contributed by atoms with Gasteiger partial charge in [0.15, 0.2) is 0 Å². The van der Waals surface area contributed by atoms with E-state index in [9.17, 15) is 4.79 Å². The number of aryl methyl sites for hydroxylation is 3. The first-order valence-corrected chi connectivity index (χ1v) is 9.58. The second kappa shape index (κ2) is 8.74. The number of ether oxygens (including phenoxy) is 1. The molecule has 0 aliphatic carbocycles. The van der Waals surface area contributed by atoms with Gasteiger partial charge in [-0.05, 0) is 55.7 Å². The first-order valence-electron chi connectivity index (χ1n) is 9.58. The maximum atomic E-state index is 12.7. The lowest BCUT2D eigenvalue weighted by Crippen LogP contribution is -2.27. The minimum Gasteiger partial charge on any atom is -0.489 e. The predicted octanol–water partition coefficient (Wildman–Crippen LogP) is 4.36. The monoisotopic (exact) mass is 377 g/mol. The first kappa shape index (κ1) is 19.7. The highest BCUT2D eigenvalue weighted by Crippen LogP contribution is 2.18. The molecule has 1 aromatic heterocycles. The zero-order valence-corrected chi connectivity index (χ0v) is 16.9. The van der Waals surface area contributed by atoms with Crippen LogP contribution in [0, 0.1) is 6.92 Å². The van der Waals surface area contributed by atoms with Gasteiger partial charge in [-0.25, -0.2) is 0 Å². The summed E-state index contributed by atoms with van der Waals surface area (Å²) < 4.78 is 7.61. The highest BCUT2D eigenvalue weighted by atomic mass is 16.5. The van der Waals surface area contributed by atoms with Crippen molar-refractivity contribution in [3.63, 3.8) is 0 Å². The summed E-state index contributed by atoms with van der Waals surface area (Å²) in [6.07, 6.45) is 2.95. The molecule has 0 aliphatic heterocycles. The smallest absolute Gasteiger partial charge is 0.251 e. The summed E-state index contributed by atoms with van der Waals surface area (Å²) in [5, 5.41) is 7.39. The summed E-state index contributed by atoms with van der Waals surface area (Å²) >= 11 is 0. The fourth-order valence-electron chi connectivity index (χ4n) is 3.19. The number of nitrogens with one attached hydrogen (secondary N) is 1. The molecule has 5 heteroatoms. The van der Waals surface area contributed by atoms with E-state index in [4.69, 9.17) is 4.74 Å². The van der Waals surface area contributed by atoms with Gasteiger partial charge in [-0.2, -0.15) is 5.10 Å². The van der Waals surface area contributed by atoms with Crippen molar-refractivity contribution >= 4 is 5.91 Å². The third-order valence-corrected chi connectivity index (χ3v) is 4.79. The maximum absolute atomic E-state index is 12.7. The van der Waals surface area contributed by atoms with Gasteiger partial charge in [0.1, 0.15) is 12.4 Å². The molecule has 0 bridgehead atoms. The molecule has 0 fully saturated rings. The van der Waals surface area contributed by atoms with Crippen LogP contribution in [0.3, 0.4) is 0 Å². The van der Waals surface area contributed by atoms with Gasteiger partial charge in [-0.15, -0.1) is 0 Å². The molecule has 3 aromatic rings. The van der Waals surface area contributed by atoms with Gasteiger partial charge in [-0.1, -0.05) is 31.2 Å². The molecule has 0 radical (unpaired) electrons. The standard InChI is InChI=1S/C23H27N3O2/c1-5-18-9-11-21(12-10-18)28-15-19-7-6-8-20(13-19)23(27)24-16(2)22-14-26(4)25-17(22)3/h6-14,16H,5,15H2,1-4H3,(H,24,27). The molecule has 1 heterocycles. The van der Waals surface area contributed by atoms with E-state index in [1.54, 1.807) is 4.68 Å². The van der Waals surface area contributed by atoms with Crippen LogP contribution < -0.4 is 10.1 Å². The maximum Gasteiger partial charge on any atom is 0.251 e. The Balaban J connectivity index is 1.63. The van der Waals surface area contributed by atoms with Crippen LogP contribution >= 0.6 is 0 Å². The Labute approximate surface area is 166 Å². The van der Waals surface area contributed by atoms with Gasteiger partial charge in [0.2, 0.25) is 0 Å². The Morgan fingerprint density at radius 1 is 1.18 bits per heavy atom. The lowest BCUT2D eigenvalue weighted by atomic mass is 10.1. The molecule has 28 heavy (non-hydrogen) atoms. The summed E-state index contributed by atoms with van der Waals surface area (Å²) in [6, 6.07) is 15.5. The number of hydrogen-bond donors (Lipinski definition) is 1. The molecule has 0 aliphatic rings. The average molecular weight is 377 g/mol. The van der Waals surface area contributed by atoms with E-state index in [-0.39, 0.29) is 11.9 Å². The number of aromatic nitrogens is 2. The molecule has 2 aromatic carbocycles. The molecule has 1 atom stereocenters. The molecule has 0 saturated carbocycles. The number of benzene rings is 2. The molecule has 5 nitrogen and oxygen atoms in total. The van der Waals surface area contributed by atoms with Gasteiger partial charge in [0, 0.05) is 24.4 Å². The molecular formula is C23H27N3O2. The van der Waals surface area contributed by atoms with E-state index in [2.05, 4.69) is 29.5 Å². The second-order valence-electron chi connectivity index (χ2n) is 7.03. The normalized spacial score (nSPS) is 11.9. The zero-order valence-electron chi connectivity index (χ0n) is 16.9. The lowest BCUT2D eigenvalue weighted by molar-refractivity contribution is 0.0939. The van der Waals surface area contributed by atoms with Crippen LogP contribution in [0.4, 0.5) is 0 Å². The third-order valence-electron chi connectivity index (χ3n) is 4.79. The van der Waals surface area contributed by atoms with E-state index in [0.717, 1.165) is 29.0 Å². The van der Waals surface area contributed by atoms with E-state index < -0.39 is 0 Å². The molecular weight excluding hydrogens is 350 g/mol. The molecule has 1 unspecified atom stereocenters. The minimum atomic E-state index is -0.113. The molecule has 0 spiro atoms. The highest BCUT2D eigenvalue weighted by molar-refractivity contribution is 5.94. The zero-order chi connectivity index (χ0) is 20.1. The van der Waals surface area contributed by atoms with E-state index in [1.165, 1.54) is 5.56 Å². The van der Waals surface area contributed by atoms with Crippen LogP contribution in [0.15, 0.2) is 54.7 Å². The van der Waals surface area contributed by atoms with Crippen molar-refractivity contribution in [3.05, 3.63) is 82.7 Å². The quantitative estimate of drug-likeness (QED) is 0.665. The Bertz CT molecular complexity index is 945. The highest BCUT2D eigenvalue weighted by Gasteiger charge is 2.15. The second-order valence-corrected chi connectivity index (χ2v) is 7.03. The summed E-state index contributed by atoms with van der Waals surface area (Å²) in [4.78, 5) is 12.7. The minimum absolute atomic E-state index is 0.107. The van der Waals surface area contributed by atoms with Crippen molar-refractivity contribution in [2.24, 2.45) is 7.05 Å². The molecule has 1 amide bonds. The number of carbonyl (C=O) groups excluding carboxylic acids is 1. The van der Waals surface area contributed by atoms with Crippen LogP contribution in [0.5, 0.6) is 5.75 Å². The van der Waals surface area contributed by atoms with Crippen LogP contribution in [0.2, 0.25) is 0 Å². The van der Waals surface area contributed by atoms with Crippen molar-refractivity contribution in [3.8, 4) is 5.75 Å². The average Bonchev–Trinajstić information content (AvgIpc) is 3.05. The molecule has 3 rings (SSSR count).